The van der Waals surface area contributed by atoms with Gasteiger partial charge in [-0.15, -0.1) is 0 Å². The van der Waals surface area contributed by atoms with Crippen LogP contribution in [0, 0.1) is 13.8 Å². The van der Waals surface area contributed by atoms with Gasteiger partial charge in [-0.25, -0.2) is 0 Å². The van der Waals surface area contributed by atoms with E-state index < -0.39 is 0 Å². The minimum Gasteiger partial charge on any atom is -0.344 e. The van der Waals surface area contributed by atoms with E-state index in [-0.39, 0.29) is 11.9 Å². The molecule has 0 radical (unpaired) electrons. The first-order valence-corrected chi connectivity index (χ1v) is 7.34. The second kappa shape index (κ2) is 6.04. The second-order valence-corrected chi connectivity index (χ2v) is 5.45. The van der Waals surface area contributed by atoms with Gasteiger partial charge >= 0.3 is 0 Å². The average Bonchev–Trinajstić information content (AvgIpc) is 3.15. The Bertz CT molecular complexity index is 801. The van der Waals surface area contributed by atoms with Gasteiger partial charge in [-0.1, -0.05) is 0 Å². The van der Waals surface area contributed by atoms with E-state index in [9.17, 15) is 4.79 Å². The molecule has 0 saturated carbocycles. The highest BCUT2D eigenvalue weighted by Gasteiger charge is 2.18. The number of H-pyrrole nitrogens is 2. The number of rotatable bonds is 4. The molecule has 3 rings (SSSR count). The van der Waals surface area contributed by atoms with Gasteiger partial charge in [-0.3, -0.25) is 20.0 Å². The Balaban J connectivity index is 1.76. The summed E-state index contributed by atoms with van der Waals surface area (Å²) in [6.45, 7) is 5.79. The first kappa shape index (κ1) is 15.0. The van der Waals surface area contributed by atoms with Crippen molar-refractivity contribution in [2.45, 2.75) is 26.8 Å². The molecule has 118 valence electrons. The number of carbonyl (C=O) groups is 1. The number of nitrogens with one attached hydrogen (secondary N) is 3. The molecule has 0 spiro atoms. The summed E-state index contributed by atoms with van der Waals surface area (Å²) in [6, 6.07) is 5.28. The molecule has 0 saturated heterocycles. The van der Waals surface area contributed by atoms with Crippen LogP contribution in [-0.2, 0) is 0 Å². The van der Waals surface area contributed by atoms with Crippen molar-refractivity contribution >= 4 is 5.91 Å². The molecule has 0 aliphatic heterocycles. The largest absolute Gasteiger partial charge is 0.344 e. The Labute approximate surface area is 133 Å². The summed E-state index contributed by atoms with van der Waals surface area (Å²) >= 11 is 0. The lowest BCUT2D eigenvalue weighted by Gasteiger charge is -2.13. The maximum absolute atomic E-state index is 12.4. The normalized spacial score (nSPS) is 12.1. The zero-order valence-electron chi connectivity index (χ0n) is 13.2. The van der Waals surface area contributed by atoms with E-state index in [0.29, 0.717) is 11.4 Å². The van der Waals surface area contributed by atoms with Crippen LogP contribution in [0.3, 0.4) is 0 Å². The number of nitrogens with zero attached hydrogens (tertiary/aromatic N) is 3. The number of amides is 1. The monoisotopic (exact) mass is 310 g/mol. The van der Waals surface area contributed by atoms with E-state index in [1.165, 1.54) is 0 Å². The van der Waals surface area contributed by atoms with Crippen LogP contribution in [0.5, 0.6) is 0 Å². The Kier molecular flexibility index (Phi) is 3.92. The van der Waals surface area contributed by atoms with Crippen LogP contribution in [0.25, 0.3) is 11.3 Å². The minimum atomic E-state index is -0.203. The van der Waals surface area contributed by atoms with Crippen LogP contribution in [0.2, 0.25) is 0 Å². The maximum atomic E-state index is 12.4. The zero-order chi connectivity index (χ0) is 16.4. The van der Waals surface area contributed by atoms with E-state index in [2.05, 4.69) is 30.7 Å². The van der Waals surface area contributed by atoms with Gasteiger partial charge < -0.3 is 5.32 Å². The molecule has 3 aromatic heterocycles. The standard InChI is InChI=1S/C16H18N6O/c1-9(15-10(2)19-20-11(15)3)18-16(23)14-8-13(21-22-14)12-4-6-17-7-5-12/h4-9H,1-3H3,(H,18,23)(H,19,20)(H,21,22)/t9-/m0/s1. The SMILES string of the molecule is Cc1n[nH]c(C)c1[C@H](C)NC(=O)c1cc(-c2ccncc2)n[nH]1. The van der Waals surface area contributed by atoms with Crippen LogP contribution in [0.4, 0.5) is 0 Å². The topological polar surface area (TPSA) is 99.3 Å². The summed E-state index contributed by atoms with van der Waals surface area (Å²) in [6.07, 6.45) is 3.38. The van der Waals surface area contributed by atoms with Gasteiger partial charge in [0, 0.05) is 29.2 Å². The summed E-state index contributed by atoms with van der Waals surface area (Å²) in [5.41, 5.74) is 4.88. The van der Waals surface area contributed by atoms with Crippen LogP contribution in [0.15, 0.2) is 30.6 Å². The van der Waals surface area contributed by atoms with Crippen LogP contribution >= 0.6 is 0 Å². The Morgan fingerprint density at radius 1 is 1.17 bits per heavy atom. The van der Waals surface area contributed by atoms with Gasteiger partial charge in [-0.2, -0.15) is 10.2 Å². The molecule has 1 amide bonds. The van der Waals surface area contributed by atoms with Gasteiger partial charge in [0.25, 0.3) is 5.91 Å². The first-order valence-electron chi connectivity index (χ1n) is 7.34. The first-order chi connectivity index (χ1) is 11.1. The van der Waals surface area contributed by atoms with Crippen molar-refractivity contribution in [1.82, 2.24) is 30.7 Å². The minimum absolute atomic E-state index is 0.145. The summed E-state index contributed by atoms with van der Waals surface area (Å²) < 4.78 is 0. The number of aromatic amines is 2. The molecule has 0 aliphatic carbocycles. The fourth-order valence-electron chi connectivity index (χ4n) is 2.65. The molecular formula is C16H18N6O. The molecule has 3 heterocycles. The number of pyridine rings is 1. The molecule has 7 nitrogen and oxygen atoms in total. The van der Waals surface area contributed by atoms with Crippen molar-refractivity contribution in [3.05, 3.63) is 53.2 Å². The van der Waals surface area contributed by atoms with Crippen molar-refractivity contribution < 1.29 is 4.79 Å². The lowest BCUT2D eigenvalue weighted by molar-refractivity contribution is 0.0934. The zero-order valence-corrected chi connectivity index (χ0v) is 13.2. The number of hydrogen-bond donors (Lipinski definition) is 3. The Morgan fingerprint density at radius 3 is 2.57 bits per heavy atom. The molecule has 0 bridgehead atoms. The van der Waals surface area contributed by atoms with E-state index in [4.69, 9.17) is 0 Å². The Hall–Kier alpha value is -2.96. The summed E-state index contributed by atoms with van der Waals surface area (Å²) in [4.78, 5) is 16.4. The third-order valence-corrected chi connectivity index (χ3v) is 3.76. The fourth-order valence-corrected chi connectivity index (χ4v) is 2.65. The van der Waals surface area contributed by atoms with E-state index in [1.54, 1.807) is 18.5 Å². The van der Waals surface area contributed by atoms with E-state index in [1.807, 2.05) is 32.9 Å². The quantitative estimate of drug-likeness (QED) is 0.688. The lowest BCUT2D eigenvalue weighted by atomic mass is 10.1. The number of hydrogen-bond acceptors (Lipinski definition) is 4. The highest BCUT2D eigenvalue weighted by Crippen LogP contribution is 2.20. The molecule has 0 unspecified atom stereocenters. The van der Waals surface area contributed by atoms with Crippen molar-refractivity contribution in [3.63, 3.8) is 0 Å². The number of aryl methyl sites for hydroxylation is 2. The lowest BCUT2D eigenvalue weighted by Crippen LogP contribution is -2.27. The highest BCUT2D eigenvalue weighted by atomic mass is 16.2. The maximum Gasteiger partial charge on any atom is 0.269 e. The molecular weight excluding hydrogens is 292 g/mol. The van der Waals surface area contributed by atoms with Gasteiger partial charge in [0.2, 0.25) is 0 Å². The molecule has 1 atom stereocenters. The predicted octanol–water partition coefficient (Wildman–Crippen LogP) is 2.30. The van der Waals surface area contributed by atoms with Crippen LogP contribution < -0.4 is 5.32 Å². The smallest absolute Gasteiger partial charge is 0.269 e. The van der Waals surface area contributed by atoms with Gasteiger partial charge in [0.1, 0.15) is 5.69 Å². The highest BCUT2D eigenvalue weighted by molar-refractivity contribution is 5.93. The third-order valence-electron chi connectivity index (χ3n) is 3.76. The predicted molar refractivity (Wildman–Crippen MR) is 85.8 cm³/mol. The summed E-state index contributed by atoms with van der Waals surface area (Å²) in [7, 11) is 0. The van der Waals surface area contributed by atoms with E-state index >= 15 is 0 Å². The van der Waals surface area contributed by atoms with Crippen molar-refractivity contribution in [3.8, 4) is 11.3 Å². The van der Waals surface area contributed by atoms with Gasteiger partial charge in [-0.05, 0) is 39.0 Å². The molecule has 3 aromatic rings. The van der Waals surface area contributed by atoms with Gasteiger partial charge in [0.15, 0.2) is 0 Å². The molecule has 0 aromatic carbocycles. The molecule has 7 heteroatoms. The number of aromatic nitrogens is 5. The van der Waals surface area contributed by atoms with Gasteiger partial charge in [0.05, 0.1) is 17.4 Å². The van der Waals surface area contributed by atoms with Crippen LogP contribution in [0.1, 0.15) is 40.4 Å². The molecule has 23 heavy (non-hydrogen) atoms. The molecule has 0 fully saturated rings. The summed E-state index contributed by atoms with van der Waals surface area (Å²) in [5.74, 6) is -0.203. The van der Waals surface area contributed by atoms with Crippen molar-refractivity contribution in [2.24, 2.45) is 0 Å². The van der Waals surface area contributed by atoms with Crippen molar-refractivity contribution in [2.75, 3.05) is 0 Å². The Morgan fingerprint density at radius 2 is 1.91 bits per heavy atom. The van der Waals surface area contributed by atoms with Crippen LogP contribution in [-0.4, -0.2) is 31.3 Å². The second-order valence-electron chi connectivity index (χ2n) is 5.45. The third kappa shape index (κ3) is 2.98. The average molecular weight is 310 g/mol. The summed E-state index contributed by atoms with van der Waals surface area (Å²) in [5, 5.41) is 17.0. The van der Waals surface area contributed by atoms with E-state index in [0.717, 1.165) is 22.5 Å². The number of carbonyl (C=O) groups excluding carboxylic acids is 1. The fraction of sp³-hybridized carbons (Fsp3) is 0.250. The molecule has 0 aliphatic rings. The molecule has 3 N–H and O–H groups in total. The van der Waals surface area contributed by atoms with Crippen molar-refractivity contribution in [1.29, 1.82) is 0 Å².